The smallest absolute Gasteiger partial charge is 0.616 e. The lowest BCUT2D eigenvalue weighted by Gasteiger charge is -2.26. The molecule has 0 saturated heterocycles. The van der Waals surface area contributed by atoms with Crippen LogP contribution in [0.3, 0.4) is 0 Å². The van der Waals surface area contributed by atoms with E-state index in [2.05, 4.69) is 83.8 Å². The van der Waals surface area contributed by atoms with Gasteiger partial charge in [0.1, 0.15) is 11.3 Å². The number of rotatable bonds is 4. The van der Waals surface area contributed by atoms with Crippen molar-refractivity contribution in [2.24, 2.45) is 0 Å². The molecule has 0 spiro atoms. The van der Waals surface area contributed by atoms with Gasteiger partial charge in [0.25, 0.3) is 0 Å². The van der Waals surface area contributed by atoms with Crippen molar-refractivity contribution in [3.8, 4) is 11.5 Å². The van der Waals surface area contributed by atoms with Crippen LogP contribution in [0, 0.1) is 13.8 Å². The quantitative estimate of drug-likeness (QED) is 0.469. The first-order valence-electron chi connectivity index (χ1n) is 10.1. The van der Waals surface area contributed by atoms with Crippen molar-refractivity contribution in [2.75, 3.05) is 0 Å². The van der Waals surface area contributed by atoms with Gasteiger partial charge in [-0.15, -0.1) is 0 Å². The second-order valence-electron chi connectivity index (χ2n) is 9.81. The molecule has 1 heterocycles. The zero-order valence-electron chi connectivity index (χ0n) is 18.9. The van der Waals surface area contributed by atoms with E-state index in [0.717, 1.165) is 28.1 Å². The number of aromatic nitrogens is 1. The van der Waals surface area contributed by atoms with E-state index in [1.807, 2.05) is 19.1 Å². The second-order valence-corrected chi connectivity index (χ2v) is 10.5. The third-order valence-corrected chi connectivity index (χ3v) is 5.85. The maximum Gasteiger partial charge on any atom is 0.881 e. The van der Waals surface area contributed by atoms with E-state index in [4.69, 9.17) is 7.58 Å². The number of nitrogens with zero attached hydrogens (tertiary/aromatic N) is 1. The molecule has 0 fully saturated rings. The molecule has 1 radical (unpaired) electrons. The highest BCUT2D eigenvalue weighted by Gasteiger charge is 2.21. The molecule has 1 aromatic heterocycles. The first-order valence-corrected chi connectivity index (χ1v) is 11.1. The van der Waals surface area contributed by atoms with Gasteiger partial charge in [-0.1, -0.05) is 59.7 Å². The van der Waals surface area contributed by atoms with E-state index < -0.39 is 15.9 Å². The number of para-hydroxylation sites is 1. The topological polar surface area (TPSA) is 31.4 Å². The summed E-state index contributed by atoms with van der Waals surface area (Å²) in [6.45, 7) is 17.5. The lowest BCUT2D eigenvalue weighted by Crippen LogP contribution is -2.18. The summed E-state index contributed by atoms with van der Waals surface area (Å²) in [7, 11) is 0. The Morgan fingerprint density at radius 1 is 0.793 bits per heavy atom. The Hall–Kier alpha value is -2.02. The van der Waals surface area contributed by atoms with Crippen LogP contribution in [0.2, 0.25) is 0 Å². The predicted molar refractivity (Wildman–Crippen MR) is 122 cm³/mol. The minimum atomic E-state index is -0.697. The van der Waals surface area contributed by atoms with Crippen LogP contribution < -0.4 is 7.58 Å². The highest BCUT2D eigenvalue weighted by Crippen LogP contribution is 2.33. The van der Waals surface area contributed by atoms with Gasteiger partial charge in [0, 0.05) is 11.1 Å². The summed E-state index contributed by atoms with van der Waals surface area (Å²) in [4.78, 5) is 4.69. The number of hydrogen-bond acceptors (Lipinski definition) is 3. The van der Waals surface area contributed by atoms with Crippen LogP contribution in [0.1, 0.15) is 63.9 Å². The van der Waals surface area contributed by atoms with Crippen LogP contribution in [0.25, 0.3) is 10.9 Å². The number of aryl methyl sites for hydroxylation is 2. The Morgan fingerprint density at radius 3 is 2.00 bits per heavy atom. The summed E-state index contributed by atoms with van der Waals surface area (Å²) in [5.41, 5.74) is 5.78. The molecular weight excluding hydrogens is 373 g/mol. The molecular formula is C25H31AlNO2. The van der Waals surface area contributed by atoms with Gasteiger partial charge in [0.2, 0.25) is 0 Å². The van der Waals surface area contributed by atoms with Crippen molar-refractivity contribution >= 4 is 26.8 Å². The molecule has 3 aromatic rings. The SMILES string of the molecule is Cc1cc(C)c2cccc([O][Al][O]c3cc(C(C)(C)C)cc(C(C)(C)C)c3)c2n1. The van der Waals surface area contributed by atoms with Crippen molar-refractivity contribution < 1.29 is 7.58 Å². The fourth-order valence-corrected chi connectivity index (χ4v) is 3.90. The molecule has 0 atom stereocenters. The lowest BCUT2D eigenvalue weighted by atomic mass is 9.80. The summed E-state index contributed by atoms with van der Waals surface area (Å²) in [5, 5.41) is 1.12. The fraction of sp³-hybridized carbons (Fsp3) is 0.400. The molecule has 0 saturated carbocycles. The Morgan fingerprint density at radius 2 is 1.41 bits per heavy atom. The Kier molecular flexibility index (Phi) is 5.99. The van der Waals surface area contributed by atoms with E-state index in [9.17, 15) is 0 Å². The number of pyridine rings is 1. The molecule has 3 rings (SSSR count). The average Bonchev–Trinajstić information content (AvgIpc) is 2.60. The maximum atomic E-state index is 6.12. The molecule has 29 heavy (non-hydrogen) atoms. The van der Waals surface area contributed by atoms with Crippen LogP contribution in [-0.2, 0) is 10.8 Å². The van der Waals surface area contributed by atoms with Crippen molar-refractivity contribution in [3.05, 3.63) is 64.8 Å². The molecule has 0 aliphatic carbocycles. The first kappa shape index (κ1) is 21.7. The minimum Gasteiger partial charge on any atom is -0.616 e. The summed E-state index contributed by atoms with van der Waals surface area (Å²) in [6, 6.07) is 14.7. The summed E-state index contributed by atoms with van der Waals surface area (Å²) in [6.07, 6.45) is 0. The standard InChI is InChI=1S/C14H22O.C11H11NO.Al/c1-13(2,3)10-7-11(14(4,5)6)9-12(15)8-10;1-7-6-8(2)12-11-9(7)4-3-5-10(11)13;/h7-9,15H,1-6H3;3-6,13H,1-2H3;/q;;+2/p-2. The summed E-state index contributed by atoms with van der Waals surface area (Å²) >= 11 is -0.697. The van der Waals surface area contributed by atoms with Gasteiger partial charge in [-0.05, 0) is 65.6 Å². The van der Waals surface area contributed by atoms with Gasteiger partial charge in [0.15, 0.2) is 0 Å². The number of fused-ring (bicyclic) bond motifs is 1. The van der Waals surface area contributed by atoms with Crippen molar-refractivity contribution in [1.82, 2.24) is 4.98 Å². The molecule has 0 amide bonds. The van der Waals surface area contributed by atoms with Crippen LogP contribution >= 0.6 is 0 Å². The van der Waals surface area contributed by atoms with Crippen LogP contribution in [0.5, 0.6) is 11.5 Å². The van der Waals surface area contributed by atoms with E-state index >= 15 is 0 Å². The molecule has 4 heteroatoms. The highest BCUT2D eigenvalue weighted by atomic mass is 27.2. The van der Waals surface area contributed by atoms with Crippen molar-refractivity contribution in [1.29, 1.82) is 0 Å². The maximum absolute atomic E-state index is 6.12. The van der Waals surface area contributed by atoms with Gasteiger partial charge in [-0.2, -0.15) is 0 Å². The van der Waals surface area contributed by atoms with E-state index in [1.165, 1.54) is 16.7 Å². The zero-order chi connectivity index (χ0) is 21.4. The molecule has 151 valence electrons. The van der Waals surface area contributed by atoms with Gasteiger partial charge in [-0.25, -0.2) is 4.98 Å². The summed E-state index contributed by atoms with van der Waals surface area (Å²) in [5.74, 6) is 1.66. The average molecular weight is 405 g/mol. The van der Waals surface area contributed by atoms with E-state index in [-0.39, 0.29) is 10.8 Å². The molecule has 0 bridgehead atoms. The van der Waals surface area contributed by atoms with Crippen molar-refractivity contribution in [2.45, 2.75) is 66.2 Å². The Bertz CT molecular complexity index is 997. The largest absolute Gasteiger partial charge is 0.881 e. The van der Waals surface area contributed by atoms with E-state index in [0.29, 0.717) is 0 Å². The third kappa shape index (κ3) is 5.13. The molecule has 0 unspecified atom stereocenters. The Labute approximate surface area is 181 Å². The highest BCUT2D eigenvalue weighted by molar-refractivity contribution is 6.21. The monoisotopic (exact) mass is 404 g/mol. The molecule has 0 N–H and O–H groups in total. The minimum absolute atomic E-state index is 0.0597. The second kappa shape index (κ2) is 8.01. The molecule has 3 nitrogen and oxygen atoms in total. The first-order chi connectivity index (χ1) is 13.4. The van der Waals surface area contributed by atoms with Gasteiger partial charge < -0.3 is 7.58 Å². The number of hydrogen-bond donors (Lipinski definition) is 0. The van der Waals surface area contributed by atoms with Crippen LogP contribution in [0.4, 0.5) is 0 Å². The third-order valence-electron chi connectivity index (χ3n) is 5.14. The fourth-order valence-electron chi connectivity index (χ4n) is 3.32. The normalized spacial score (nSPS) is 12.1. The van der Waals surface area contributed by atoms with Crippen LogP contribution in [0.15, 0.2) is 42.5 Å². The van der Waals surface area contributed by atoms with Gasteiger partial charge >= 0.3 is 15.9 Å². The molecule has 0 aliphatic rings. The summed E-state index contributed by atoms with van der Waals surface area (Å²) < 4.78 is 12.2. The van der Waals surface area contributed by atoms with Crippen LogP contribution in [-0.4, -0.2) is 20.9 Å². The molecule has 0 aliphatic heterocycles. The van der Waals surface area contributed by atoms with Crippen molar-refractivity contribution in [3.63, 3.8) is 0 Å². The Balaban J connectivity index is 1.85. The van der Waals surface area contributed by atoms with Gasteiger partial charge in [-0.3, -0.25) is 0 Å². The number of benzene rings is 2. The zero-order valence-corrected chi connectivity index (χ0v) is 20.0. The lowest BCUT2D eigenvalue weighted by molar-refractivity contribution is 0.457. The van der Waals surface area contributed by atoms with E-state index in [1.54, 1.807) is 0 Å². The molecule has 2 aromatic carbocycles. The van der Waals surface area contributed by atoms with Gasteiger partial charge in [0.05, 0.1) is 5.75 Å². The predicted octanol–water partition coefficient (Wildman–Crippen LogP) is 6.44.